The van der Waals surface area contributed by atoms with Crippen LogP contribution in [0.15, 0.2) is 18.2 Å². The van der Waals surface area contributed by atoms with Gasteiger partial charge in [-0.1, -0.05) is 6.07 Å². The van der Waals surface area contributed by atoms with Crippen molar-refractivity contribution in [1.29, 1.82) is 0 Å². The number of aryl methyl sites for hydroxylation is 2. The summed E-state index contributed by atoms with van der Waals surface area (Å²) in [6.45, 7) is 6.54. The summed E-state index contributed by atoms with van der Waals surface area (Å²) in [5.74, 6) is 0.811. The maximum atomic E-state index is 5.73. The third kappa shape index (κ3) is 2.98. The molecule has 1 fully saturated rings. The summed E-state index contributed by atoms with van der Waals surface area (Å²) < 4.78 is 5.73. The van der Waals surface area contributed by atoms with Gasteiger partial charge in [-0.3, -0.25) is 0 Å². The Kier molecular flexibility index (Phi) is 3.95. The number of aromatic nitrogens is 2. The predicted molar refractivity (Wildman–Crippen MR) is 80.7 cm³/mol. The molecule has 2 aromatic rings. The van der Waals surface area contributed by atoms with E-state index in [0.29, 0.717) is 0 Å². The van der Waals surface area contributed by atoms with Gasteiger partial charge in [0.15, 0.2) is 5.13 Å². The molecule has 0 saturated carbocycles. The van der Waals surface area contributed by atoms with E-state index in [2.05, 4.69) is 27.5 Å². The van der Waals surface area contributed by atoms with Crippen LogP contribution in [0.1, 0.15) is 22.4 Å². The summed E-state index contributed by atoms with van der Waals surface area (Å²) in [6, 6.07) is 5.95. The quantitative estimate of drug-likeness (QED) is 0.910. The molecule has 0 unspecified atom stereocenters. The van der Waals surface area contributed by atoms with Crippen LogP contribution in [0.4, 0.5) is 10.9 Å². The number of nitrogens with one attached hydrogen (secondary N) is 2. The summed E-state index contributed by atoms with van der Waals surface area (Å²) in [4.78, 5) is 10.3. The van der Waals surface area contributed by atoms with E-state index in [1.54, 1.807) is 11.3 Å². The molecule has 20 heavy (non-hydrogen) atoms. The molecular weight excluding hydrogens is 272 g/mol. The summed E-state index contributed by atoms with van der Waals surface area (Å²) in [6.07, 6.45) is 0.0327. The van der Waals surface area contributed by atoms with Crippen molar-refractivity contribution >= 4 is 22.3 Å². The number of hydrogen-bond acceptors (Lipinski definition) is 6. The van der Waals surface area contributed by atoms with Crippen LogP contribution in [0.25, 0.3) is 0 Å². The van der Waals surface area contributed by atoms with Crippen molar-refractivity contribution in [2.45, 2.75) is 20.0 Å². The number of hydrogen-bond donors (Lipinski definition) is 2. The van der Waals surface area contributed by atoms with Crippen LogP contribution in [0, 0.1) is 13.8 Å². The smallest absolute Gasteiger partial charge is 0.188 e. The highest BCUT2D eigenvalue weighted by atomic mass is 32.1. The van der Waals surface area contributed by atoms with Crippen molar-refractivity contribution in [2.75, 3.05) is 25.0 Å². The highest BCUT2D eigenvalue weighted by Gasteiger charge is 2.17. The zero-order valence-corrected chi connectivity index (χ0v) is 12.5. The molecule has 0 radical (unpaired) electrons. The van der Waals surface area contributed by atoms with Crippen molar-refractivity contribution in [1.82, 2.24) is 15.3 Å². The molecule has 1 aliphatic heterocycles. The molecule has 5 nitrogen and oxygen atoms in total. The highest BCUT2D eigenvalue weighted by Crippen LogP contribution is 2.25. The molecule has 0 aromatic carbocycles. The summed E-state index contributed by atoms with van der Waals surface area (Å²) >= 11 is 1.64. The second-order valence-electron chi connectivity index (χ2n) is 4.80. The van der Waals surface area contributed by atoms with Gasteiger partial charge in [-0.05, 0) is 26.0 Å². The lowest BCUT2D eigenvalue weighted by Gasteiger charge is -2.23. The molecule has 106 valence electrons. The normalized spacial score (nSPS) is 19.0. The van der Waals surface area contributed by atoms with Crippen molar-refractivity contribution in [2.24, 2.45) is 0 Å². The molecule has 1 aliphatic rings. The number of thiazole rings is 1. The Balaban J connectivity index is 1.76. The SMILES string of the molecule is Cc1nc(Nc2cccc([C@H]3CNCCO3)n2)sc1C. The first-order chi connectivity index (χ1) is 9.72. The maximum Gasteiger partial charge on any atom is 0.188 e. The second kappa shape index (κ2) is 5.87. The molecule has 1 saturated heterocycles. The van der Waals surface area contributed by atoms with Crippen LogP contribution >= 0.6 is 11.3 Å². The molecule has 1 atom stereocenters. The number of pyridine rings is 1. The standard InChI is InChI=1S/C14H18N4OS/c1-9-10(2)20-14(16-9)18-13-5-3-4-11(17-13)12-8-15-6-7-19-12/h3-5,12,15H,6-8H2,1-2H3,(H,16,17,18)/t12-/m1/s1. The Morgan fingerprint density at radius 2 is 2.25 bits per heavy atom. The van der Waals surface area contributed by atoms with E-state index in [1.165, 1.54) is 4.88 Å². The Labute approximate surface area is 122 Å². The Bertz CT molecular complexity index is 573. The zero-order valence-electron chi connectivity index (χ0n) is 11.6. The van der Waals surface area contributed by atoms with Crippen LogP contribution in [0.3, 0.4) is 0 Å². The number of rotatable bonds is 3. The topological polar surface area (TPSA) is 59.1 Å². The Morgan fingerprint density at radius 3 is 2.95 bits per heavy atom. The number of anilines is 2. The number of morpholine rings is 1. The van der Waals surface area contributed by atoms with Crippen LogP contribution in [0.5, 0.6) is 0 Å². The molecule has 0 bridgehead atoms. The van der Waals surface area contributed by atoms with Crippen LogP contribution in [-0.2, 0) is 4.74 Å². The van der Waals surface area contributed by atoms with Gasteiger partial charge < -0.3 is 15.4 Å². The third-order valence-corrected chi connectivity index (χ3v) is 4.28. The summed E-state index contributed by atoms with van der Waals surface area (Å²) in [5, 5.41) is 7.46. The average Bonchev–Trinajstić information content (AvgIpc) is 2.78. The molecule has 0 aliphatic carbocycles. The van der Waals surface area contributed by atoms with Gasteiger partial charge in [-0.25, -0.2) is 9.97 Å². The molecule has 3 heterocycles. The first kappa shape index (κ1) is 13.5. The van der Waals surface area contributed by atoms with Crippen molar-refractivity contribution < 1.29 is 4.74 Å². The van der Waals surface area contributed by atoms with E-state index >= 15 is 0 Å². The van der Waals surface area contributed by atoms with Gasteiger partial charge in [0.2, 0.25) is 0 Å². The minimum absolute atomic E-state index is 0.0327. The van der Waals surface area contributed by atoms with Crippen molar-refractivity contribution in [3.8, 4) is 0 Å². The second-order valence-corrected chi connectivity index (χ2v) is 6.00. The first-order valence-electron chi connectivity index (χ1n) is 6.73. The van der Waals surface area contributed by atoms with Gasteiger partial charge in [0, 0.05) is 18.0 Å². The van der Waals surface area contributed by atoms with Gasteiger partial charge in [-0.15, -0.1) is 11.3 Å². The molecule has 0 amide bonds. The van der Waals surface area contributed by atoms with Crippen LogP contribution in [0.2, 0.25) is 0 Å². The minimum Gasteiger partial charge on any atom is -0.369 e. The lowest BCUT2D eigenvalue weighted by atomic mass is 10.2. The first-order valence-corrected chi connectivity index (χ1v) is 7.54. The fraction of sp³-hybridized carbons (Fsp3) is 0.429. The van der Waals surface area contributed by atoms with E-state index in [1.807, 2.05) is 25.1 Å². The van der Waals surface area contributed by atoms with Gasteiger partial charge in [-0.2, -0.15) is 0 Å². The predicted octanol–water partition coefficient (Wildman–Crippen LogP) is 2.56. The Morgan fingerprint density at radius 1 is 1.35 bits per heavy atom. The molecule has 6 heteroatoms. The fourth-order valence-electron chi connectivity index (χ4n) is 2.09. The highest BCUT2D eigenvalue weighted by molar-refractivity contribution is 7.15. The van der Waals surface area contributed by atoms with E-state index in [-0.39, 0.29) is 6.10 Å². The van der Waals surface area contributed by atoms with E-state index in [4.69, 9.17) is 4.74 Å². The third-order valence-electron chi connectivity index (χ3n) is 3.29. The van der Waals surface area contributed by atoms with Gasteiger partial charge in [0.05, 0.1) is 18.0 Å². The van der Waals surface area contributed by atoms with Gasteiger partial charge in [0.25, 0.3) is 0 Å². The lowest BCUT2D eigenvalue weighted by molar-refractivity contribution is 0.0251. The van der Waals surface area contributed by atoms with Gasteiger partial charge >= 0.3 is 0 Å². The van der Waals surface area contributed by atoms with E-state index in [0.717, 1.165) is 42.0 Å². The van der Waals surface area contributed by atoms with Gasteiger partial charge in [0.1, 0.15) is 11.9 Å². The van der Waals surface area contributed by atoms with Crippen LogP contribution < -0.4 is 10.6 Å². The molecule has 0 spiro atoms. The summed E-state index contributed by atoms with van der Waals surface area (Å²) in [5.41, 5.74) is 2.01. The summed E-state index contributed by atoms with van der Waals surface area (Å²) in [7, 11) is 0. The minimum atomic E-state index is 0.0327. The van der Waals surface area contributed by atoms with Crippen molar-refractivity contribution in [3.05, 3.63) is 34.5 Å². The molecular formula is C14H18N4OS. The Hall–Kier alpha value is -1.50. The monoisotopic (exact) mass is 290 g/mol. The average molecular weight is 290 g/mol. The molecule has 2 N–H and O–H groups in total. The van der Waals surface area contributed by atoms with Crippen molar-refractivity contribution in [3.63, 3.8) is 0 Å². The lowest BCUT2D eigenvalue weighted by Crippen LogP contribution is -2.33. The number of ether oxygens (including phenoxy) is 1. The zero-order chi connectivity index (χ0) is 13.9. The maximum absolute atomic E-state index is 5.73. The molecule has 3 rings (SSSR count). The van der Waals surface area contributed by atoms with E-state index in [9.17, 15) is 0 Å². The fourth-order valence-corrected chi connectivity index (χ4v) is 2.91. The number of nitrogens with zero attached hydrogens (tertiary/aromatic N) is 2. The largest absolute Gasteiger partial charge is 0.369 e. The van der Waals surface area contributed by atoms with E-state index < -0.39 is 0 Å². The molecule has 2 aromatic heterocycles. The van der Waals surface area contributed by atoms with Crippen LogP contribution in [-0.4, -0.2) is 29.7 Å².